The molecule has 2 heterocycles. The largest absolute Gasteiger partial charge is 0.497 e. The predicted octanol–water partition coefficient (Wildman–Crippen LogP) is 7.56. The summed E-state index contributed by atoms with van der Waals surface area (Å²) in [6.07, 6.45) is 2.03. The van der Waals surface area contributed by atoms with Gasteiger partial charge in [-0.1, -0.05) is 54.6 Å². The SMILES string of the molecule is COc1ccc(CCN2CCN(CCOc3ccc(-c4ccccc4)cc3)CC2)cc1OC.COc1ccc(OCCN2CCN(CCc3ccc(OC)c(OC)c3)CC2)cc1. The monoisotopic (exact) mass is 846 g/mol. The molecule has 0 N–H and O–H groups in total. The van der Waals surface area contributed by atoms with Crippen LogP contribution in [0.3, 0.4) is 0 Å². The minimum absolute atomic E-state index is 0.706. The Balaban J connectivity index is 0.000000209. The van der Waals surface area contributed by atoms with Crippen molar-refractivity contribution >= 4 is 0 Å². The van der Waals surface area contributed by atoms with Gasteiger partial charge in [-0.3, -0.25) is 9.80 Å². The second-order valence-corrected chi connectivity index (χ2v) is 15.5. The van der Waals surface area contributed by atoms with Crippen molar-refractivity contribution < 1.29 is 33.2 Å². The van der Waals surface area contributed by atoms with Crippen molar-refractivity contribution in [2.24, 2.45) is 0 Å². The Kier molecular flexibility index (Phi) is 18.5. The molecule has 2 fully saturated rings. The van der Waals surface area contributed by atoms with Gasteiger partial charge in [0.1, 0.15) is 30.5 Å². The van der Waals surface area contributed by atoms with Gasteiger partial charge in [0.2, 0.25) is 0 Å². The highest BCUT2D eigenvalue weighted by Gasteiger charge is 2.18. The molecule has 2 saturated heterocycles. The zero-order valence-electron chi connectivity index (χ0n) is 37.4. The van der Waals surface area contributed by atoms with Gasteiger partial charge in [0, 0.05) is 78.5 Å². The van der Waals surface area contributed by atoms with Gasteiger partial charge in [0.05, 0.1) is 35.5 Å². The van der Waals surface area contributed by atoms with Crippen molar-refractivity contribution in [1.82, 2.24) is 19.6 Å². The van der Waals surface area contributed by atoms with Crippen LogP contribution in [0.2, 0.25) is 0 Å². The number of nitrogens with zero attached hydrogens (tertiary/aromatic N) is 4. The van der Waals surface area contributed by atoms with Gasteiger partial charge in [-0.2, -0.15) is 0 Å². The second kappa shape index (κ2) is 24.8. The minimum Gasteiger partial charge on any atom is -0.497 e. The standard InChI is InChI=1S/C28H34N2O3.C23H32N2O4/c1-31-27-13-8-23(22-28(27)32-2)14-15-29-16-18-30(19-17-29)20-21-33-26-11-9-25(10-12-26)24-6-4-3-5-7-24;1-26-20-5-7-21(8-6-20)29-17-16-25-14-12-24(13-15-25)11-10-19-4-9-22(27-2)23(18-19)28-3/h3-13,22H,14-21H2,1-2H3;4-9,18H,10-17H2,1-3H3. The number of rotatable bonds is 20. The third kappa shape index (κ3) is 14.3. The summed E-state index contributed by atoms with van der Waals surface area (Å²) in [6.45, 7) is 14.2. The van der Waals surface area contributed by atoms with Crippen molar-refractivity contribution in [3.8, 4) is 51.4 Å². The number of hydrogen-bond acceptors (Lipinski definition) is 11. The Bertz CT molecular complexity index is 2020. The average molecular weight is 847 g/mol. The Morgan fingerprint density at radius 2 is 0.726 bits per heavy atom. The van der Waals surface area contributed by atoms with Gasteiger partial charge in [-0.25, -0.2) is 0 Å². The highest BCUT2D eigenvalue weighted by Crippen LogP contribution is 2.29. The lowest BCUT2D eigenvalue weighted by Crippen LogP contribution is -2.47. The zero-order chi connectivity index (χ0) is 43.4. The van der Waals surface area contributed by atoms with E-state index < -0.39 is 0 Å². The van der Waals surface area contributed by atoms with Gasteiger partial charge >= 0.3 is 0 Å². The first-order chi connectivity index (χ1) is 30.5. The van der Waals surface area contributed by atoms with Gasteiger partial charge in [-0.05, 0) is 95.8 Å². The van der Waals surface area contributed by atoms with E-state index in [1.165, 1.54) is 22.3 Å². The molecular formula is C51H66N4O7. The van der Waals surface area contributed by atoms with Crippen molar-refractivity contribution in [3.63, 3.8) is 0 Å². The lowest BCUT2D eigenvalue weighted by molar-refractivity contribution is 0.118. The van der Waals surface area contributed by atoms with Crippen LogP contribution in [-0.4, -0.2) is 147 Å². The normalized spacial score (nSPS) is 14.9. The summed E-state index contributed by atoms with van der Waals surface area (Å²) in [5.74, 6) is 5.83. The van der Waals surface area contributed by atoms with E-state index in [2.05, 4.69) is 92.4 Å². The van der Waals surface area contributed by atoms with E-state index in [0.29, 0.717) is 6.61 Å². The topological polar surface area (TPSA) is 77.6 Å². The molecule has 0 unspecified atom stereocenters. The van der Waals surface area contributed by atoms with Crippen LogP contribution >= 0.6 is 0 Å². The molecular weight excluding hydrogens is 781 g/mol. The Morgan fingerprint density at radius 1 is 0.355 bits per heavy atom. The van der Waals surface area contributed by atoms with E-state index >= 15 is 0 Å². The molecule has 2 aliphatic rings. The lowest BCUT2D eigenvalue weighted by atomic mass is 10.1. The molecule has 0 atom stereocenters. The molecule has 0 aliphatic carbocycles. The van der Waals surface area contributed by atoms with Crippen LogP contribution in [0, 0.1) is 0 Å². The van der Waals surface area contributed by atoms with E-state index in [9.17, 15) is 0 Å². The summed E-state index contributed by atoms with van der Waals surface area (Å²) in [4.78, 5) is 10.0. The molecule has 0 bridgehead atoms. The summed E-state index contributed by atoms with van der Waals surface area (Å²) >= 11 is 0. The third-order valence-electron chi connectivity index (χ3n) is 11.6. The Morgan fingerprint density at radius 3 is 1.13 bits per heavy atom. The van der Waals surface area contributed by atoms with Gasteiger partial charge < -0.3 is 43.0 Å². The first kappa shape index (κ1) is 46.1. The van der Waals surface area contributed by atoms with E-state index in [1.807, 2.05) is 42.5 Å². The van der Waals surface area contributed by atoms with Gasteiger partial charge in [0.25, 0.3) is 0 Å². The number of ether oxygens (including phenoxy) is 7. The molecule has 11 nitrogen and oxygen atoms in total. The Hall–Kier alpha value is -5.46. The maximum absolute atomic E-state index is 6.00. The van der Waals surface area contributed by atoms with Crippen molar-refractivity contribution in [1.29, 1.82) is 0 Å². The zero-order valence-corrected chi connectivity index (χ0v) is 37.4. The van der Waals surface area contributed by atoms with Crippen LogP contribution in [0.1, 0.15) is 11.1 Å². The van der Waals surface area contributed by atoms with E-state index in [-0.39, 0.29) is 0 Å². The Labute approximate surface area is 369 Å². The maximum Gasteiger partial charge on any atom is 0.160 e. The maximum atomic E-state index is 6.00. The summed E-state index contributed by atoms with van der Waals surface area (Å²) in [7, 11) is 8.37. The third-order valence-corrected chi connectivity index (χ3v) is 11.6. The number of hydrogen-bond donors (Lipinski definition) is 0. The van der Waals surface area contributed by atoms with Gasteiger partial charge in [0.15, 0.2) is 23.0 Å². The molecule has 62 heavy (non-hydrogen) atoms. The molecule has 0 saturated carbocycles. The molecule has 332 valence electrons. The average Bonchev–Trinajstić information content (AvgIpc) is 3.34. The fourth-order valence-electron chi connectivity index (χ4n) is 7.75. The van der Waals surface area contributed by atoms with Crippen LogP contribution < -0.4 is 33.2 Å². The summed E-state index contributed by atoms with van der Waals surface area (Å²) in [5, 5.41) is 0. The first-order valence-electron chi connectivity index (χ1n) is 21.8. The molecule has 5 aromatic rings. The second-order valence-electron chi connectivity index (χ2n) is 15.5. The molecule has 2 aliphatic heterocycles. The van der Waals surface area contributed by atoms with Crippen molar-refractivity contribution in [3.05, 3.63) is 126 Å². The van der Waals surface area contributed by atoms with Crippen molar-refractivity contribution in [2.45, 2.75) is 12.8 Å². The molecule has 0 aromatic heterocycles. The van der Waals surface area contributed by atoms with E-state index in [1.54, 1.807) is 35.5 Å². The van der Waals surface area contributed by atoms with Crippen LogP contribution in [0.4, 0.5) is 0 Å². The van der Waals surface area contributed by atoms with Crippen LogP contribution in [0.25, 0.3) is 11.1 Å². The molecule has 0 spiro atoms. The van der Waals surface area contributed by atoms with Gasteiger partial charge in [-0.15, -0.1) is 0 Å². The lowest BCUT2D eigenvalue weighted by Gasteiger charge is -2.34. The summed E-state index contributed by atoms with van der Waals surface area (Å²) in [6, 6.07) is 38.9. The number of benzene rings is 5. The first-order valence-corrected chi connectivity index (χ1v) is 21.8. The smallest absolute Gasteiger partial charge is 0.160 e. The fourth-order valence-corrected chi connectivity index (χ4v) is 7.75. The molecule has 5 aromatic carbocycles. The van der Waals surface area contributed by atoms with Crippen LogP contribution in [0.15, 0.2) is 115 Å². The minimum atomic E-state index is 0.706. The molecule has 0 radical (unpaired) electrons. The predicted molar refractivity (Wildman–Crippen MR) is 248 cm³/mol. The molecule has 7 rings (SSSR count). The number of piperazine rings is 2. The fraction of sp³-hybridized carbons (Fsp3) is 0.412. The highest BCUT2D eigenvalue weighted by molar-refractivity contribution is 5.63. The summed E-state index contributed by atoms with van der Waals surface area (Å²) < 4.78 is 38.5. The highest BCUT2D eigenvalue weighted by atomic mass is 16.5. The number of methoxy groups -OCH3 is 5. The van der Waals surface area contributed by atoms with E-state index in [4.69, 9.17) is 33.2 Å². The van der Waals surface area contributed by atoms with Crippen molar-refractivity contribution in [2.75, 3.05) is 127 Å². The van der Waals surface area contributed by atoms with Crippen LogP contribution in [-0.2, 0) is 12.8 Å². The molecule has 11 heteroatoms. The van der Waals surface area contributed by atoms with E-state index in [0.717, 1.165) is 138 Å². The molecule has 0 amide bonds. The quantitative estimate of drug-likeness (QED) is 0.0780. The van der Waals surface area contributed by atoms with Crippen LogP contribution in [0.5, 0.6) is 40.2 Å². The summed E-state index contributed by atoms with van der Waals surface area (Å²) in [5.41, 5.74) is 5.00.